The largest absolute Gasteiger partial charge is 0.381 e. The Morgan fingerprint density at radius 1 is 1.22 bits per heavy atom. The first-order valence-corrected chi connectivity index (χ1v) is 8.84. The Labute approximate surface area is 153 Å². The highest BCUT2D eigenvalue weighted by Gasteiger charge is 2.44. The van der Waals surface area contributed by atoms with Gasteiger partial charge in [-0.2, -0.15) is 10.1 Å². The normalized spacial score (nSPS) is 23.4. The molecule has 1 aromatic carbocycles. The zero-order chi connectivity index (χ0) is 18.0. The summed E-state index contributed by atoms with van der Waals surface area (Å²) in [6.45, 7) is 1.76. The molecule has 0 bridgehead atoms. The second kappa shape index (κ2) is 5.43. The molecule has 4 aliphatic heterocycles. The molecule has 1 saturated heterocycles. The minimum absolute atomic E-state index is 0.123. The van der Waals surface area contributed by atoms with Crippen LogP contribution < -0.4 is 9.91 Å². The van der Waals surface area contributed by atoms with E-state index >= 15 is 0 Å². The minimum Gasteiger partial charge on any atom is -0.381 e. The third kappa shape index (κ3) is 2.10. The van der Waals surface area contributed by atoms with Crippen LogP contribution in [0.25, 0.3) is 0 Å². The molecule has 1 atom stereocenters. The highest BCUT2D eigenvalue weighted by Crippen LogP contribution is 2.40. The molecule has 1 unspecified atom stereocenters. The molecule has 5 heterocycles. The highest BCUT2D eigenvalue weighted by molar-refractivity contribution is 6.08. The third-order valence-corrected chi connectivity index (χ3v) is 5.20. The Morgan fingerprint density at radius 2 is 2.15 bits per heavy atom. The van der Waals surface area contributed by atoms with Crippen molar-refractivity contribution in [2.24, 2.45) is 4.99 Å². The fraction of sp³-hybridized carbons (Fsp3) is 0.353. The van der Waals surface area contributed by atoms with Gasteiger partial charge in [0, 0.05) is 18.1 Å². The van der Waals surface area contributed by atoms with E-state index in [4.69, 9.17) is 9.26 Å². The first-order chi connectivity index (χ1) is 13.3. The first-order valence-electron chi connectivity index (χ1n) is 8.84. The monoisotopic (exact) mass is 369 g/mol. The molecule has 1 aromatic heterocycles. The van der Waals surface area contributed by atoms with Gasteiger partial charge < -0.3 is 14.2 Å². The molecule has 0 N–H and O–H groups in total. The van der Waals surface area contributed by atoms with Gasteiger partial charge in [0.05, 0.1) is 18.5 Å². The number of ether oxygens (including phenoxy) is 1. The van der Waals surface area contributed by atoms with Crippen molar-refractivity contribution in [3.8, 4) is 0 Å². The number of aliphatic imine (C=N–C) groups is 1. The maximum absolute atomic E-state index is 14.1. The number of hydrogen-bond acceptors (Lipinski definition) is 9. The van der Waals surface area contributed by atoms with Crippen molar-refractivity contribution in [1.29, 1.82) is 0 Å². The van der Waals surface area contributed by atoms with E-state index in [1.165, 1.54) is 6.20 Å². The summed E-state index contributed by atoms with van der Waals surface area (Å²) in [7, 11) is 0. The third-order valence-electron chi connectivity index (χ3n) is 5.20. The lowest BCUT2D eigenvalue weighted by Gasteiger charge is -2.38. The second-order valence-electron chi connectivity index (χ2n) is 6.80. The molecular weight excluding hydrogens is 353 g/mol. The summed E-state index contributed by atoms with van der Waals surface area (Å²) in [4.78, 5) is 11.1. The molecular formula is C17H16FN7O2. The summed E-state index contributed by atoms with van der Waals surface area (Å²) in [6.07, 6.45) is 2.33. The summed E-state index contributed by atoms with van der Waals surface area (Å²) >= 11 is 0. The molecule has 2 aromatic rings. The van der Waals surface area contributed by atoms with E-state index in [1.807, 2.05) is 34.2 Å². The number of amidine groups is 1. The predicted molar refractivity (Wildman–Crippen MR) is 93.0 cm³/mol. The van der Waals surface area contributed by atoms with Gasteiger partial charge in [0.15, 0.2) is 17.5 Å². The number of aromatic nitrogens is 2. The van der Waals surface area contributed by atoms with E-state index in [9.17, 15) is 4.48 Å². The van der Waals surface area contributed by atoms with E-state index in [1.54, 1.807) is 5.01 Å². The molecule has 9 nitrogen and oxygen atoms in total. The number of benzene rings is 1. The zero-order valence-electron chi connectivity index (χ0n) is 14.3. The second-order valence-corrected chi connectivity index (χ2v) is 6.80. The average Bonchev–Trinajstić information content (AvgIpc) is 3.44. The smallest absolute Gasteiger partial charge is 0.345 e. The van der Waals surface area contributed by atoms with Gasteiger partial charge in [-0.15, -0.1) is 0 Å². The fourth-order valence-corrected chi connectivity index (χ4v) is 3.90. The van der Waals surface area contributed by atoms with Crippen molar-refractivity contribution in [1.82, 2.24) is 20.3 Å². The van der Waals surface area contributed by atoms with Gasteiger partial charge in [0.1, 0.15) is 13.3 Å². The van der Waals surface area contributed by atoms with Crippen LogP contribution in [-0.4, -0.2) is 52.7 Å². The van der Waals surface area contributed by atoms with E-state index in [0.717, 1.165) is 23.5 Å². The number of rotatable bonds is 2. The molecule has 1 fully saturated rings. The van der Waals surface area contributed by atoms with Crippen molar-refractivity contribution in [3.63, 3.8) is 0 Å². The van der Waals surface area contributed by atoms with E-state index in [2.05, 4.69) is 15.1 Å². The summed E-state index contributed by atoms with van der Waals surface area (Å²) in [5.74, 6) is 2.19. The van der Waals surface area contributed by atoms with Gasteiger partial charge in [-0.25, -0.2) is 15.0 Å². The number of hydrogen-bond donors (Lipinski definition) is 0. The fourth-order valence-electron chi connectivity index (χ4n) is 3.90. The molecule has 0 saturated carbocycles. The Kier molecular flexibility index (Phi) is 3.01. The van der Waals surface area contributed by atoms with Crippen molar-refractivity contribution < 1.29 is 13.7 Å². The highest BCUT2D eigenvalue weighted by atomic mass is 19.2. The molecule has 138 valence electrons. The maximum atomic E-state index is 14.1. The molecule has 4 aliphatic rings. The van der Waals surface area contributed by atoms with Crippen molar-refractivity contribution in [2.45, 2.75) is 12.3 Å². The molecule has 0 aliphatic carbocycles. The lowest BCUT2D eigenvalue weighted by molar-refractivity contribution is 0.104. The van der Waals surface area contributed by atoms with Gasteiger partial charge in [-0.05, 0) is 18.6 Å². The Balaban J connectivity index is 1.40. The SMILES string of the molecule is FN1C=C2N(C1)c1ccccc1C1=NCN(c3nc(C4CCOC4)no3)N21. The number of para-hydroxylation sites is 1. The summed E-state index contributed by atoms with van der Waals surface area (Å²) in [5.41, 5.74) is 1.87. The number of halogens is 1. The van der Waals surface area contributed by atoms with Crippen LogP contribution >= 0.6 is 0 Å². The van der Waals surface area contributed by atoms with Crippen LogP contribution in [0.4, 0.5) is 16.2 Å². The number of nitrogens with zero attached hydrogens (tertiary/aromatic N) is 7. The summed E-state index contributed by atoms with van der Waals surface area (Å²) in [6, 6.07) is 8.18. The quantitative estimate of drug-likeness (QED) is 0.742. The predicted octanol–water partition coefficient (Wildman–Crippen LogP) is 1.79. The molecule has 6 rings (SSSR count). The van der Waals surface area contributed by atoms with Gasteiger partial charge in [0.25, 0.3) is 0 Å². The summed E-state index contributed by atoms with van der Waals surface area (Å²) in [5, 5.41) is 8.39. The zero-order valence-corrected chi connectivity index (χ0v) is 14.3. The molecule has 27 heavy (non-hydrogen) atoms. The number of anilines is 2. The van der Waals surface area contributed by atoms with Crippen LogP contribution in [0.3, 0.4) is 0 Å². The minimum atomic E-state index is 0.123. The number of fused-ring (bicyclic) bond motifs is 6. The first kappa shape index (κ1) is 15.0. The maximum Gasteiger partial charge on any atom is 0.345 e. The Bertz CT molecular complexity index is 968. The van der Waals surface area contributed by atoms with Crippen molar-refractivity contribution >= 4 is 17.5 Å². The Hall–Kier alpha value is -3.14. The topological polar surface area (TPSA) is 73.5 Å². The average molecular weight is 369 g/mol. The lowest BCUT2D eigenvalue weighted by atomic mass is 10.1. The molecule has 0 amide bonds. The van der Waals surface area contributed by atoms with Crippen LogP contribution in [0, 0.1) is 0 Å². The van der Waals surface area contributed by atoms with Crippen LogP contribution in [0.15, 0.2) is 45.8 Å². The van der Waals surface area contributed by atoms with Crippen LogP contribution in [0.2, 0.25) is 0 Å². The number of hydrazine groups is 1. The van der Waals surface area contributed by atoms with Gasteiger partial charge in [0.2, 0.25) is 0 Å². The van der Waals surface area contributed by atoms with Crippen molar-refractivity contribution in [3.05, 3.63) is 47.7 Å². The van der Waals surface area contributed by atoms with Crippen molar-refractivity contribution in [2.75, 3.05) is 36.5 Å². The summed E-state index contributed by atoms with van der Waals surface area (Å²) < 4.78 is 25.0. The van der Waals surface area contributed by atoms with Gasteiger partial charge in [-0.3, -0.25) is 0 Å². The van der Waals surface area contributed by atoms with E-state index < -0.39 is 0 Å². The van der Waals surface area contributed by atoms with E-state index in [-0.39, 0.29) is 12.6 Å². The molecule has 10 heteroatoms. The standard InChI is InChI=1S/C17H16FN7O2/c18-22-7-14-23(10-22)13-4-2-1-3-12(13)16-19-9-24(25(14)16)17-20-15(21-27-17)11-5-6-26-8-11/h1-4,7,11H,5-6,8-10H2. The van der Waals surface area contributed by atoms with Gasteiger partial charge in [-0.1, -0.05) is 21.8 Å². The van der Waals surface area contributed by atoms with Crippen LogP contribution in [-0.2, 0) is 4.74 Å². The van der Waals surface area contributed by atoms with Crippen LogP contribution in [0.5, 0.6) is 0 Å². The van der Waals surface area contributed by atoms with Gasteiger partial charge >= 0.3 is 6.01 Å². The van der Waals surface area contributed by atoms with E-state index in [0.29, 0.717) is 42.7 Å². The Morgan fingerprint density at radius 3 is 3.04 bits per heavy atom. The molecule has 0 radical (unpaired) electrons. The lowest BCUT2D eigenvalue weighted by Crippen LogP contribution is -2.49. The molecule has 0 spiro atoms. The van der Waals surface area contributed by atoms with Crippen LogP contribution in [0.1, 0.15) is 23.7 Å².